The third kappa shape index (κ3) is 5.83. The molecule has 2 aromatic rings. The maximum absolute atomic E-state index is 12.0. The van der Waals surface area contributed by atoms with E-state index in [1.54, 1.807) is 30.3 Å². The minimum absolute atomic E-state index is 0.0160. The molecule has 9 heteroatoms. The molecule has 0 saturated carbocycles. The van der Waals surface area contributed by atoms with Crippen molar-refractivity contribution in [3.05, 3.63) is 52.4 Å². The second-order valence-corrected chi connectivity index (χ2v) is 7.99. The van der Waals surface area contributed by atoms with Gasteiger partial charge >= 0.3 is 0 Å². The Hall–Kier alpha value is -1.54. The minimum atomic E-state index is -3.47. The second-order valence-electron chi connectivity index (χ2n) is 5.13. The van der Waals surface area contributed by atoms with Crippen molar-refractivity contribution < 1.29 is 17.6 Å². The van der Waals surface area contributed by atoms with E-state index in [9.17, 15) is 13.2 Å². The summed E-state index contributed by atoms with van der Waals surface area (Å²) in [5.41, 5.74) is 0.453. The Morgan fingerprint density at radius 2 is 1.92 bits per heavy atom. The molecule has 1 heterocycles. The zero-order valence-electron chi connectivity index (χ0n) is 12.8. The average molecular weight is 391 g/mol. The van der Waals surface area contributed by atoms with Gasteiger partial charge in [0.2, 0.25) is 15.9 Å². The number of carbonyl (C=O) groups excluding carboxylic acids is 1. The van der Waals surface area contributed by atoms with Crippen LogP contribution in [-0.2, 0) is 21.4 Å². The highest BCUT2D eigenvalue weighted by atomic mass is 35.5. The molecule has 0 atom stereocenters. The lowest BCUT2D eigenvalue weighted by Gasteiger charge is -2.18. The van der Waals surface area contributed by atoms with Gasteiger partial charge in [-0.15, -0.1) is 0 Å². The van der Waals surface area contributed by atoms with E-state index in [0.29, 0.717) is 21.5 Å². The van der Waals surface area contributed by atoms with E-state index in [4.69, 9.17) is 27.6 Å². The molecule has 0 radical (unpaired) electrons. The molecule has 0 unspecified atom stereocenters. The Kier molecular flexibility index (Phi) is 6.28. The van der Waals surface area contributed by atoms with E-state index in [2.05, 4.69) is 5.32 Å². The Bertz CT molecular complexity index is 787. The molecule has 0 saturated heterocycles. The van der Waals surface area contributed by atoms with E-state index >= 15 is 0 Å². The van der Waals surface area contributed by atoms with Gasteiger partial charge in [0, 0.05) is 28.7 Å². The van der Waals surface area contributed by atoms with Crippen LogP contribution in [0.4, 0.5) is 5.69 Å². The molecule has 0 fully saturated rings. The van der Waals surface area contributed by atoms with E-state index in [0.717, 1.165) is 6.26 Å². The molecule has 0 bridgehead atoms. The van der Waals surface area contributed by atoms with Crippen molar-refractivity contribution in [3.63, 3.8) is 0 Å². The van der Waals surface area contributed by atoms with Gasteiger partial charge in [-0.05, 0) is 30.3 Å². The molecule has 1 N–H and O–H groups in total. The molecule has 0 aliphatic rings. The van der Waals surface area contributed by atoms with Crippen molar-refractivity contribution in [1.29, 1.82) is 0 Å². The quantitative estimate of drug-likeness (QED) is 0.785. The highest BCUT2D eigenvalue weighted by Crippen LogP contribution is 2.22. The minimum Gasteiger partial charge on any atom is -0.468 e. The number of hydrogen-bond donors (Lipinski definition) is 1. The largest absolute Gasteiger partial charge is 0.468 e. The van der Waals surface area contributed by atoms with Gasteiger partial charge in [0.05, 0.1) is 19.1 Å². The van der Waals surface area contributed by atoms with Gasteiger partial charge in [0.25, 0.3) is 0 Å². The molecule has 130 valence electrons. The van der Waals surface area contributed by atoms with Crippen molar-refractivity contribution in [2.24, 2.45) is 0 Å². The Morgan fingerprint density at radius 3 is 2.46 bits per heavy atom. The molecule has 1 aromatic heterocycles. The van der Waals surface area contributed by atoms with Crippen LogP contribution in [0, 0.1) is 0 Å². The highest BCUT2D eigenvalue weighted by Gasteiger charge is 2.19. The number of sulfonamides is 1. The number of hydrogen-bond acceptors (Lipinski definition) is 4. The van der Waals surface area contributed by atoms with Crippen LogP contribution in [0.2, 0.25) is 10.0 Å². The fourth-order valence-electron chi connectivity index (χ4n) is 2.01. The number of carbonyl (C=O) groups is 1. The molecule has 1 aromatic carbocycles. The lowest BCUT2D eigenvalue weighted by Crippen LogP contribution is -2.32. The standard InChI is InChI=1S/C15H16Cl2N2O4S/c1-24(21,22)19(10-14-3-2-6-23-14)5-4-15(20)18-13-8-11(16)7-12(17)9-13/h2-3,6-9H,4-5,10H2,1H3,(H,18,20). The smallest absolute Gasteiger partial charge is 0.225 e. The zero-order chi connectivity index (χ0) is 17.7. The zero-order valence-corrected chi connectivity index (χ0v) is 15.2. The topological polar surface area (TPSA) is 79.6 Å². The summed E-state index contributed by atoms with van der Waals surface area (Å²) in [5, 5.41) is 3.43. The third-order valence-corrected chi connectivity index (χ3v) is 4.80. The first-order valence-corrected chi connectivity index (χ1v) is 9.58. The number of anilines is 1. The molecule has 0 aliphatic carbocycles. The molecular weight excluding hydrogens is 375 g/mol. The lowest BCUT2D eigenvalue weighted by molar-refractivity contribution is -0.116. The van der Waals surface area contributed by atoms with Crippen molar-refractivity contribution in [2.45, 2.75) is 13.0 Å². The second kappa shape index (κ2) is 8.02. The van der Waals surface area contributed by atoms with Gasteiger partial charge in [-0.1, -0.05) is 23.2 Å². The van der Waals surface area contributed by atoms with Crippen LogP contribution >= 0.6 is 23.2 Å². The average Bonchev–Trinajstić information content (AvgIpc) is 2.93. The lowest BCUT2D eigenvalue weighted by atomic mass is 10.3. The summed E-state index contributed by atoms with van der Waals surface area (Å²) < 4.78 is 30.0. The number of halogens is 2. The molecule has 1 amide bonds. The molecule has 24 heavy (non-hydrogen) atoms. The van der Waals surface area contributed by atoms with E-state index < -0.39 is 10.0 Å². The summed E-state index contributed by atoms with van der Waals surface area (Å²) in [5.74, 6) is 0.156. The molecule has 0 aliphatic heterocycles. The van der Waals surface area contributed by atoms with E-state index in [1.807, 2.05) is 0 Å². The monoisotopic (exact) mass is 390 g/mol. The summed E-state index contributed by atoms with van der Waals surface area (Å²) in [6.07, 6.45) is 2.54. The van der Waals surface area contributed by atoms with Crippen molar-refractivity contribution in [1.82, 2.24) is 4.31 Å². The predicted molar refractivity (Wildman–Crippen MR) is 93.7 cm³/mol. The molecule has 0 spiro atoms. The first kappa shape index (κ1) is 18.8. The van der Waals surface area contributed by atoms with Gasteiger partial charge in [0.15, 0.2) is 0 Å². The van der Waals surface area contributed by atoms with Crippen LogP contribution in [0.5, 0.6) is 0 Å². The van der Waals surface area contributed by atoms with Gasteiger partial charge in [0.1, 0.15) is 5.76 Å². The fourth-order valence-corrected chi connectivity index (χ4v) is 3.32. The predicted octanol–water partition coefficient (Wildman–Crippen LogP) is 3.38. The number of rotatable bonds is 7. The van der Waals surface area contributed by atoms with Gasteiger partial charge in [-0.25, -0.2) is 8.42 Å². The number of amides is 1. The summed E-state index contributed by atoms with van der Waals surface area (Å²) in [4.78, 5) is 12.0. The third-order valence-electron chi connectivity index (χ3n) is 3.12. The van der Waals surface area contributed by atoms with Crippen LogP contribution < -0.4 is 5.32 Å². The maximum atomic E-state index is 12.0. The first-order valence-electron chi connectivity index (χ1n) is 6.97. The van der Waals surface area contributed by atoms with Crippen molar-refractivity contribution in [2.75, 3.05) is 18.1 Å². The van der Waals surface area contributed by atoms with Gasteiger partial charge < -0.3 is 9.73 Å². The Labute approximate surface area is 150 Å². The SMILES string of the molecule is CS(=O)(=O)N(CCC(=O)Nc1cc(Cl)cc(Cl)c1)Cc1ccco1. The van der Waals surface area contributed by atoms with E-state index in [-0.39, 0.29) is 25.4 Å². The molecule has 2 rings (SSSR count). The Morgan fingerprint density at radius 1 is 1.25 bits per heavy atom. The van der Waals surface area contributed by atoms with Gasteiger partial charge in [-0.3, -0.25) is 4.79 Å². The fraction of sp³-hybridized carbons (Fsp3) is 0.267. The Balaban J connectivity index is 1.96. The van der Waals surface area contributed by atoms with Gasteiger partial charge in [-0.2, -0.15) is 4.31 Å². The van der Waals surface area contributed by atoms with Crippen molar-refractivity contribution in [3.8, 4) is 0 Å². The van der Waals surface area contributed by atoms with Crippen LogP contribution in [0.1, 0.15) is 12.2 Å². The summed E-state index contributed by atoms with van der Waals surface area (Å²) in [7, 11) is -3.47. The highest BCUT2D eigenvalue weighted by molar-refractivity contribution is 7.88. The normalized spacial score (nSPS) is 11.7. The molecule has 6 nitrogen and oxygen atoms in total. The summed E-state index contributed by atoms with van der Waals surface area (Å²) in [6, 6.07) is 8.01. The summed E-state index contributed by atoms with van der Waals surface area (Å²) in [6.45, 7) is 0.0990. The number of furan rings is 1. The van der Waals surface area contributed by atoms with Crippen LogP contribution in [-0.4, -0.2) is 31.4 Å². The number of benzene rings is 1. The van der Waals surface area contributed by atoms with Crippen molar-refractivity contribution >= 4 is 44.8 Å². The van der Waals surface area contributed by atoms with Crippen LogP contribution in [0.15, 0.2) is 41.0 Å². The number of nitrogens with one attached hydrogen (secondary N) is 1. The number of nitrogens with zero attached hydrogens (tertiary/aromatic N) is 1. The molecular formula is C15H16Cl2N2O4S. The van der Waals surface area contributed by atoms with Crippen LogP contribution in [0.25, 0.3) is 0 Å². The van der Waals surface area contributed by atoms with Crippen LogP contribution in [0.3, 0.4) is 0 Å². The maximum Gasteiger partial charge on any atom is 0.225 e. The van der Waals surface area contributed by atoms with E-state index in [1.165, 1.54) is 10.6 Å². The summed E-state index contributed by atoms with van der Waals surface area (Å²) >= 11 is 11.7. The first-order chi connectivity index (χ1) is 11.2.